The summed E-state index contributed by atoms with van der Waals surface area (Å²) in [4.78, 5) is 0. The fourth-order valence-corrected chi connectivity index (χ4v) is 1.79. The van der Waals surface area contributed by atoms with Crippen LogP contribution >= 0.6 is 15.9 Å². The van der Waals surface area contributed by atoms with Crippen LogP contribution in [0, 0.1) is 0 Å². The van der Waals surface area contributed by atoms with Crippen molar-refractivity contribution in [2.24, 2.45) is 0 Å². The predicted molar refractivity (Wildman–Crippen MR) is 54.2 cm³/mol. The van der Waals surface area contributed by atoms with Gasteiger partial charge in [0.25, 0.3) is 0 Å². The second-order valence-electron chi connectivity index (χ2n) is 2.65. The third-order valence-electron chi connectivity index (χ3n) is 1.91. The summed E-state index contributed by atoms with van der Waals surface area (Å²) in [6.07, 6.45) is 1.21. The Morgan fingerprint density at radius 1 is 1.42 bits per heavy atom. The van der Waals surface area contributed by atoms with Crippen LogP contribution in [0.2, 0.25) is 0 Å². The Hall–Kier alpha value is -0.340. The molecule has 0 radical (unpaired) electrons. The van der Waals surface area contributed by atoms with E-state index < -0.39 is 0 Å². The predicted octanol–water partition coefficient (Wildman–Crippen LogP) is 3.55. The van der Waals surface area contributed by atoms with E-state index in [1.54, 1.807) is 7.11 Å². The van der Waals surface area contributed by atoms with Gasteiger partial charge in [-0.3, -0.25) is 0 Å². The summed E-state index contributed by atoms with van der Waals surface area (Å²) in [6, 6.07) is 8.16. The average Bonchev–Trinajstić information content (AvgIpc) is 2.10. The van der Waals surface area contributed by atoms with Gasteiger partial charge >= 0.3 is 0 Å². The lowest BCUT2D eigenvalue weighted by Gasteiger charge is -2.14. The van der Waals surface area contributed by atoms with E-state index in [1.807, 2.05) is 18.2 Å². The van der Waals surface area contributed by atoms with E-state index in [4.69, 9.17) is 4.74 Å². The first-order valence-electron chi connectivity index (χ1n) is 4.06. The average molecular weight is 229 g/mol. The van der Waals surface area contributed by atoms with Gasteiger partial charge in [-0.1, -0.05) is 41.1 Å². The molecule has 0 bridgehead atoms. The number of methoxy groups -OCH3 is 1. The van der Waals surface area contributed by atoms with Crippen LogP contribution in [0.25, 0.3) is 0 Å². The first kappa shape index (κ1) is 9.75. The number of rotatable bonds is 3. The van der Waals surface area contributed by atoms with Crippen molar-refractivity contribution in [1.29, 1.82) is 0 Å². The Labute approximate surface area is 81.9 Å². The molecule has 1 rings (SSSR count). The fourth-order valence-electron chi connectivity index (χ4n) is 1.25. The van der Waals surface area contributed by atoms with Crippen LogP contribution in [0.15, 0.2) is 28.7 Å². The van der Waals surface area contributed by atoms with E-state index in [2.05, 4.69) is 28.9 Å². The number of hydrogen-bond donors (Lipinski definition) is 0. The van der Waals surface area contributed by atoms with Crippen molar-refractivity contribution >= 4 is 15.9 Å². The smallest absolute Gasteiger partial charge is 0.0829 e. The summed E-state index contributed by atoms with van der Waals surface area (Å²) in [5.41, 5.74) is 1.22. The van der Waals surface area contributed by atoms with E-state index in [9.17, 15) is 0 Å². The third-order valence-corrected chi connectivity index (χ3v) is 2.63. The van der Waals surface area contributed by atoms with E-state index in [-0.39, 0.29) is 6.10 Å². The molecule has 66 valence electrons. The van der Waals surface area contributed by atoms with Crippen LogP contribution in [0.4, 0.5) is 0 Å². The minimum Gasteiger partial charge on any atom is -0.377 e. The molecule has 0 saturated heterocycles. The van der Waals surface area contributed by atoms with Gasteiger partial charge in [0.2, 0.25) is 0 Å². The fraction of sp³-hybridized carbons (Fsp3) is 0.400. The van der Waals surface area contributed by atoms with Crippen LogP contribution in [-0.4, -0.2) is 7.11 Å². The maximum atomic E-state index is 5.34. The SMILES string of the molecule is CC[C@H](OC)c1ccccc1Br. The van der Waals surface area contributed by atoms with Gasteiger partial charge in [0, 0.05) is 11.6 Å². The van der Waals surface area contributed by atoms with E-state index in [0.717, 1.165) is 10.9 Å². The highest BCUT2D eigenvalue weighted by Gasteiger charge is 2.09. The van der Waals surface area contributed by atoms with Gasteiger partial charge in [-0.2, -0.15) is 0 Å². The largest absolute Gasteiger partial charge is 0.377 e. The van der Waals surface area contributed by atoms with Gasteiger partial charge in [0.1, 0.15) is 0 Å². The normalized spacial score (nSPS) is 12.9. The van der Waals surface area contributed by atoms with Gasteiger partial charge in [-0.15, -0.1) is 0 Å². The Balaban J connectivity index is 2.92. The zero-order chi connectivity index (χ0) is 8.97. The van der Waals surface area contributed by atoms with Crippen LogP contribution < -0.4 is 0 Å². The molecule has 1 aromatic rings. The molecule has 2 heteroatoms. The molecular weight excluding hydrogens is 216 g/mol. The topological polar surface area (TPSA) is 9.23 Å². The maximum absolute atomic E-state index is 5.34. The maximum Gasteiger partial charge on any atom is 0.0829 e. The Morgan fingerprint density at radius 3 is 2.58 bits per heavy atom. The minimum absolute atomic E-state index is 0.209. The van der Waals surface area contributed by atoms with E-state index in [1.165, 1.54) is 5.56 Å². The zero-order valence-electron chi connectivity index (χ0n) is 7.38. The summed E-state index contributed by atoms with van der Waals surface area (Å²) in [7, 11) is 1.74. The molecule has 0 fully saturated rings. The molecular formula is C10H13BrO. The van der Waals surface area contributed by atoms with Crippen molar-refractivity contribution in [3.05, 3.63) is 34.3 Å². The molecule has 0 amide bonds. The standard InChI is InChI=1S/C10H13BrO/c1-3-10(12-2)8-6-4-5-7-9(8)11/h4-7,10H,3H2,1-2H3/t10-/m0/s1. The van der Waals surface area contributed by atoms with Crippen molar-refractivity contribution < 1.29 is 4.74 Å². The lowest BCUT2D eigenvalue weighted by atomic mass is 10.1. The van der Waals surface area contributed by atoms with Gasteiger partial charge < -0.3 is 4.74 Å². The van der Waals surface area contributed by atoms with Gasteiger partial charge in [0.05, 0.1) is 6.10 Å². The molecule has 12 heavy (non-hydrogen) atoms. The molecule has 0 spiro atoms. The van der Waals surface area contributed by atoms with Crippen molar-refractivity contribution in [3.63, 3.8) is 0 Å². The molecule has 1 aromatic carbocycles. The molecule has 0 aromatic heterocycles. The number of hydrogen-bond acceptors (Lipinski definition) is 1. The number of ether oxygens (including phenoxy) is 1. The van der Waals surface area contributed by atoms with Gasteiger partial charge in [-0.05, 0) is 18.1 Å². The molecule has 0 aliphatic heterocycles. The van der Waals surface area contributed by atoms with Crippen molar-refractivity contribution in [2.45, 2.75) is 19.4 Å². The highest BCUT2D eigenvalue weighted by molar-refractivity contribution is 9.10. The van der Waals surface area contributed by atoms with Gasteiger partial charge in [-0.25, -0.2) is 0 Å². The molecule has 1 atom stereocenters. The molecule has 0 saturated carbocycles. The van der Waals surface area contributed by atoms with Gasteiger partial charge in [0.15, 0.2) is 0 Å². The first-order valence-corrected chi connectivity index (χ1v) is 4.86. The summed E-state index contributed by atoms with van der Waals surface area (Å²) in [5.74, 6) is 0. The number of benzene rings is 1. The third kappa shape index (κ3) is 2.08. The summed E-state index contributed by atoms with van der Waals surface area (Å²) >= 11 is 3.50. The van der Waals surface area contributed by atoms with Crippen LogP contribution in [0.5, 0.6) is 0 Å². The highest BCUT2D eigenvalue weighted by atomic mass is 79.9. The Kier molecular flexibility index (Phi) is 3.76. The monoisotopic (exact) mass is 228 g/mol. The molecule has 0 aliphatic rings. The summed E-state index contributed by atoms with van der Waals surface area (Å²) < 4.78 is 6.46. The lowest BCUT2D eigenvalue weighted by Crippen LogP contribution is -1.99. The minimum atomic E-state index is 0.209. The lowest BCUT2D eigenvalue weighted by molar-refractivity contribution is 0.0995. The molecule has 1 nitrogen and oxygen atoms in total. The second-order valence-corrected chi connectivity index (χ2v) is 3.51. The molecule has 0 aliphatic carbocycles. The van der Waals surface area contributed by atoms with Crippen molar-refractivity contribution in [2.75, 3.05) is 7.11 Å². The zero-order valence-corrected chi connectivity index (χ0v) is 8.97. The Morgan fingerprint density at radius 2 is 2.08 bits per heavy atom. The van der Waals surface area contributed by atoms with Crippen LogP contribution in [0.3, 0.4) is 0 Å². The molecule has 0 unspecified atom stereocenters. The number of halogens is 1. The summed E-state index contributed by atoms with van der Waals surface area (Å²) in [5, 5.41) is 0. The van der Waals surface area contributed by atoms with Crippen LogP contribution in [0.1, 0.15) is 25.0 Å². The van der Waals surface area contributed by atoms with E-state index in [0.29, 0.717) is 0 Å². The van der Waals surface area contributed by atoms with Crippen molar-refractivity contribution in [3.8, 4) is 0 Å². The van der Waals surface area contributed by atoms with E-state index >= 15 is 0 Å². The quantitative estimate of drug-likeness (QED) is 0.770. The summed E-state index contributed by atoms with van der Waals surface area (Å²) in [6.45, 7) is 2.12. The van der Waals surface area contributed by atoms with Crippen molar-refractivity contribution in [1.82, 2.24) is 0 Å². The second kappa shape index (κ2) is 4.63. The molecule has 0 N–H and O–H groups in total. The van der Waals surface area contributed by atoms with Crippen LogP contribution in [-0.2, 0) is 4.74 Å². The highest BCUT2D eigenvalue weighted by Crippen LogP contribution is 2.27. The Bertz CT molecular complexity index is 243. The first-order chi connectivity index (χ1) is 5.79. The molecule has 0 heterocycles.